The fourth-order valence-electron chi connectivity index (χ4n) is 1.80. The Morgan fingerprint density at radius 3 is 2.18 bits per heavy atom. The lowest BCUT2D eigenvalue weighted by molar-refractivity contribution is 0.596. The number of rotatable bonds is 2. The molecule has 4 nitrogen and oxygen atoms in total. The standard InChI is InChI=1S/C12H14N2O2S/c1-8(2)11-9-6-4-5-7-10(9)12(14-13-11)17(3,15)16/h4-8H,1-3H3. The summed E-state index contributed by atoms with van der Waals surface area (Å²) in [5, 5.41) is 9.46. The predicted molar refractivity (Wildman–Crippen MR) is 66.7 cm³/mol. The zero-order valence-corrected chi connectivity index (χ0v) is 10.8. The van der Waals surface area contributed by atoms with Crippen molar-refractivity contribution in [2.24, 2.45) is 0 Å². The first-order valence-corrected chi connectivity index (χ1v) is 7.26. The highest BCUT2D eigenvalue weighted by Gasteiger charge is 2.17. The minimum atomic E-state index is -3.35. The van der Waals surface area contributed by atoms with Gasteiger partial charge in [0.2, 0.25) is 0 Å². The number of benzene rings is 1. The Labute approximate surface area is 101 Å². The number of fused-ring (bicyclic) bond motifs is 1. The van der Waals surface area contributed by atoms with Gasteiger partial charge in [0.25, 0.3) is 0 Å². The minimum absolute atomic E-state index is 0.0532. The van der Waals surface area contributed by atoms with Crippen LogP contribution < -0.4 is 0 Å². The third kappa shape index (κ3) is 2.15. The summed E-state index contributed by atoms with van der Waals surface area (Å²) in [6.45, 7) is 4.02. The topological polar surface area (TPSA) is 59.9 Å². The summed E-state index contributed by atoms with van der Waals surface area (Å²) >= 11 is 0. The maximum absolute atomic E-state index is 11.6. The van der Waals surface area contributed by atoms with Gasteiger partial charge >= 0.3 is 0 Å². The van der Waals surface area contributed by atoms with Crippen molar-refractivity contribution in [1.82, 2.24) is 10.2 Å². The van der Waals surface area contributed by atoms with Gasteiger partial charge in [-0.05, 0) is 5.92 Å². The zero-order valence-electron chi connectivity index (χ0n) is 10.0. The lowest BCUT2D eigenvalue weighted by Gasteiger charge is -2.09. The normalized spacial score (nSPS) is 12.2. The first kappa shape index (κ1) is 12.0. The van der Waals surface area contributed by atoms with Gasteiger partial charge in [-0.3, -0.25) is 0 Å². The van der Waals surface area contributed by atoms with E-state index in [1.54, 1.807) is 6.07 Å². The van der Waals surface area contributed by atoms with Gasteiger partial charge in [-0.2, -0.15) is 5.10 Å². The highest BCUT2D eigenvalue weighted by atomic mass is 32.2. The van der Waals surface area contributed by atoms with Gasteiger partial charge in [-0.1, -0.05) is 38.1 Å². The van der Waals surface area contributed by atoms with Crippen molar-refractivity contribution in [3.05, 3.63) is 30.0 Å². The van der Waals surface area contributed by atoms with Crippen LogP contribution >= 0.6 is 0 Å². The largest absolute Gasteiger partial charge is 0.222 e. The third-order valence-corrected chi connectivity index (χ3v) is 3.58. The molecule has 2 aromatic rings. The molecule has 1 aromatic carbocycles. The van der Waals surface area contributed by atoms with Gasteiger partial charge in [0.05, 0.1) is 5.69 Å². The van der Waals surface area contributed by atoms with E-state index in [0.29, 0.717) is 5.39 Å². The summed E-state index contributed by atoms with van der Waals surface area (Å²) in [6.07, 6.45) is 1.15. The number of nitrogens with zero attached hydrogens (tertiary/aromatic N) is 2. The lowest BCUT2D eigenvalue weighted by Crippen LogP contribution is -2.06. The summed E-state index contributed by atoms with van der Waals surface area (Å²) < 4.78 is 23.3. The molecule has 0 saturated heterocycles. The van der Waals surface area contributed by atoms with Crippen molar-refractivity contribution in [3.8, 4) is 0 Å². The minimum Gasteiger partial charge on any atom is -0.222 e. The summed E-state index contributed by atoms with van der Waals surface area (Å²) in [4.78, 5) is 0. The van der Waals surface area contributed by atoms with Crippen molar-refractivity contribution in [2.45, 2.75) is 24.8 Å². The monoisotopic (exact) mass is 250 g/mol. The van der Waals surface area contributed by atoms with E-state index in [9.17, 15) is 8.42 Å². The summed E-state index contributed by atoms with van der Waals surface area (Å²) in [7, 11) is -3.35. The van der Waals surface area contributed by atoms with Crippen LogP contribution in [0.1, 0.15) is 25.5 Å². The van der Waals surface area contributed by atoms with Crippen LogP contribution in [0.3, 0.4) is 0 Å². The molecule has 0 atom stereocenters. The van der Waals surface area contributed by atoms with Crippen molar-refractivity contribution in [3.63, 3.8) is 0 Å². The second-order valence-corrected chi connectivity index (χ2v) is 6.29. The average Bonchev–Trinajstić information content (AvgIpc) is 2.26. The van der Waals surface area contributed by atoms with Crippen LogP contribution in [0.4, 0.5) is 0 Å². The summed E-state index contributed by atoms with van der Waals surface area (Å²) in [5.41, 5.74) is 0.827. The first-order chi connectivity index (χ1) is 7.91. The Bertz CT molecular complexity index is 663. The van der Waals surface area contributed by atoms with Gasteiger partial charge in [-0.25, -0.2) is 8.42 Å². The van der Waals surface area contributed by atoms with Crippen LogP contribution in [0, 0.1) is 0 Å². The molecule has 2 rings (SSSR count). The van der Waals surface area contributed by atoms with Crippen LogP contribution in [0.15, 0.2) is 29.3 Å². The molecule has 17 heavy (non-hydrogen) atoms. The fraction of sp³-hybridized carbons (Fsp3) is 0.333. The number of aromatic nitrogens is 2. The van der Waals surface area contributed by atoms with Gasteiger partial charge in [0.1, 0.15) is 0 Å². The van der Waals surface area contributed by atoms with Crippen LogP contribution in [-0.2, 0) is 9.84 Å². The fourth-order valence-corrected chi connectivity index (χ4v) is 2.57. The Kier molecular flexibility index (Phi) is 2.87. The second kappa shape index (κ2) is 4.07. The van der Waals surface area contributed by atoms with Crippen LogP contribution in [0.25, 0.3) is 10.8 Å². The molecule has 0 radical (unpaired) electrons. The highest BCUT2D eigenvalue weighted by Crippen LogP contribution is 2.26. The first-order valence-electron chi connectivity index (χ1n) is 5.36. The van der Waals surface area contributed by atoms with Crippen LogP contribution in [0.5, 0.6) is 0 Å². The highest BCUT2D eigenvalue weighted by molar-refractivity contribution is 7.90. The Morgan fingerprint density at radius 2 is 1.65 bits per heavy atom. The van der Waals surface area contributed by atoms with Gasteiger partial charge in [0, 0.05) is 17.0 Å². The maximum Gasteiger partial charge on any atom is 0.195 e. The van der Waals surface area contributed by atoms with Gasteiger partial charge in [0.15, 0.2) is 14.9 Å². The molecule has 0 unspecified atom stereocenters. The van der Waals surface area contributed by atoms with Gasteiger partial charge < -0.3 is 0 Å². The molecule has 0 N–H and O–H groups in total. The number of hydrogen-bond acceptors (Lipinski definition) is 4. The molecule has 0 bridgehead atoms. The molecule has 0 saturated carbocycles. The molecule has 0 amide bonds. The number of sulfone groups is 1. The Balaban J connectivity index is 2.90. The maximum atomic E-state index is 11.6. The van der Waals surface area contributed by atoms with Crippen LogP contribution in [0.2, 0.25) is 0 Å². The Hall–Kier alpha value is -1.49. The summed E-state index contributed by atoms with van der Waals surface area (Å²) in [5.74, 6) is 0.209. The molecular formula is C12H14N2O2S. The van der Waals surface area contributed by atoms with Crippen molar-refractivity contribution >= 4 is 20.6 Å². The second-order valence-electron chi connectivity index (χ2n) is 4.36. The quantitative estimate of drug-likeness (QED) is 0.819. The van der Waals surface area contributed by atoms with E-state index in [1.165, 1.54) is 0 Å². The smallest absolute Gasteiger partial charge is 0.195 e. The summed E-state index contributed by atoms with van der Waals surface area (Å²) in [6, 6.07) is 7.34. The van der Waals surface area contributed by atoms with E-state index < -0.39 is 9.84 Å². The predicted octanol–water partition coefficient (Wildman–Crippen LogP) is 2.16. The molecule has 90 valence electrons. The molecule has 5 heteroatoms. The molecule has 0 aliphatic rings. The van der Waals surface area contributed by atoms with E-state index in [2.05, 4.69) is 10.2 Å². The molecule has 0 spiro atoms. The Morgan fingerprint density at radius 1 is 1.06 bits per heavy atom. The third-order valence-electron chi connectivity index (χ3n) is 2.58. The molecular weight excluding hydrogens is 236 g/mol. The molecule has 0 aliphatic carbocycles. The van der Waals surface area contributed by atoms with Crippen molar-refractivity contribution in [2.75, 3.05) is 6.26 Å². The molecule has 0 fully saturated rings. The van der Waals surface area contributed by atoms with E-state index in [0.717, 1.165) is 17.3 Å². The van der Waals surface area contributed by atoms with Crippen molar-refractivity contribution < 1.29 is 8.42 Å². The molecule has 1 aromatic heterocycles. The number of hydrogen-bond donors (Lipinski definition) is 0. The van der Waals surface area contributed by atoms with Crippen molar-refractivity contribution in [1.29, 1.82) is 0 Å². The van der Waals surface area contributed by atoms with E-state index in [1.807, 2.05) is 32.0 Å². The van der Waals surface area contributed by atoms with E-state index in [-0.39, 0.29) is 10.9 Å². The van der Waals surface area contributed by atoms with Gasteiger partial charge in [-0.15, -0.1) is 5.10 Å². The van der Waals surface area contributed by atoms with E-state index >= 15 is 0 Å². The average molecular weight is 250 g/mol. The zero-order chi connectivity index (χ0) is 12.6. The van der Waals surface area contributed by atoms with E-state index in [4.69, 9.17) is 0 Å². The van der Waals surface area contributed by atoms with Crippen LogP contribution in [-0.4, -0.2) is 24.9 Å². The molecule has 1 heterocycles. The lowest BCUT2D eigenvalue weighted by atomic mass is 10.0. The molecule has 0 aliphatic heterocycles. The SMILES string of the molecule is CC(C)c1nnc(S(C)(=O)=O)c2ccccc12.